The number of para-hydroxylation sites is 2. The lowest BCUT2D eigenvalue weighted by atomic mass is 9.94. The smallest absolute Gasteiger partial charge is 0.133 e. The molecule has 23 heavy (non-hydrogen) atoms. The molecule has 0 unspecified atom stereocenters. The Balaban J connectivity index is 1.74. The Kier molecular flexibility index (Phi) is 3.56. The van der Waals surface area contributed by atoms with E-state index < -0.39 is 0 Å². The van der Waals surface area contributed by atoms with Crippen LogP contribution in [0, 0.1) is 0 Å². The molecule has 112 valence electrons. The Morgan fingerprint density at radius 1 is 0.739 bits per heavy atom. The zero-order valence-corrected chi connectivity index (χ0v) is 13.2. The van der Waals surface area contributed by atoms with Gasteiger partial charge in [-0.15, -0.1) is 0 Å². The molecule has 1 aliphatic heterocycles. The van der Waals surface area contributed by atoms with Gasteiger partial charge in [0.05, 0.1) is 6.04 Å². The number of fused-ring (bicyclic) bond motifs is 2. The van der Waals surface area contributed by atoms with E-state index >= 15 is 0 Å². The number of hydrogen-bond donors (Lipinski definition) is 1. The minimum atomic E-state index is -0.0103. The van der Waals surface area contributed by atoms with Crippen LogP contribution in [0.25, 0.3) is 0 Å². The molecule has 3 aromatic rings. The summed E-state index contributed by atoms with van der Waals surface area (Å²) < 4.78 is 6.01. The fourth-order valence-electron chi connectivity index (χ4n) is 2.87. The molecule has 3 heteroatoms. The quantitative estimate of drug-likeness (QED) is 0.683. The molecule has 0 bridgehead atoms. The van der Waals surface area contributed by atoms with Crippen LogP contribution in [0.3, 0.4) is 0 Å². The Morgan fingerprint density at radius 2 is 1.26 bits per heavy atom. The molecule has 0 saturated carbocycles. The van der Waals surface area contributed by atoms with Gasteiger partial charge in [-0.05, 0) is 12.1 Å². The van der Waals surface area contributed by atoms with E-state index in [4.69, 9.17) is 17.0 Å². The van der Waals surface area contributed by atoms with Crippen molar-refractivity contribution >= 4 is 17.2 Å². The maximum Gasteiger partial charge on any atom is 0.133 e. The van der Waals surface area contributed by atoms with Gasteiger partial charge in [0, 0.05) is 16.7 Å². The van der Waals surface area contributed by atoms with Gasteiger partial charge in [0.2, 0.25) is 0 Å². The topological polar surface area (TPSA) is 21.3 Å². The molecule has 0 aromatic heterocycles. The normalized spacial score (nSPS) is 12.7. The second kappa shape index (κ2) is 5.86. The summed E-state index contributed by atoms with van der Waals surface area (Å²) in [7, 11) is 0. The molecule has 0 radical (unpaired) electrons. The molecule has 1 N–H and O–H groups in total. The van der Waals surface area contributed by atoms with E-state index in [-0.39, 0.29) is 6.04 Å². The van der Waals surface area contributed by atoms with Crippen molar-refractivity contribution in [1.29, 1.82) is 0 Å². The Bertz CT molecular complexity index is 815. The highest BCUT2D eigenvalue weighted by atomic mass is 32.1. The van der Waals surface area contributed by atoms with Gasteiger partial charge in [0.25, 0.3) is 0 Å². The third kappa shape index (κ3) is 2.60. The van der Waals surface area contributed by atoms with Crippen molar-refractivity contribution < 1.29 is 4.74 Å². The van der Waals surface area contributed by atoms with Crippen molar-refractivity contribution in [3.05, 3.63) is 95.6 Å². The molecule has 0 saturated heterocycles. The first kappa shape index (κ1) is 14.0. The van der Waals surface area contributed by atoms with E-state index in [0.29, 0.717) is 0 Å². The minimum absolute atomic E-state index is 0.0103. The predicted octanol–water partition coefficient (Wildman–Crippen LogP) is 4.85. The van der Waals surface area contributed by atoms with E-state index in [1.807, 2.05) is 66.7 Å². The summed E-state index contributed by atoms with van der Waals surface area (Å²) in [6.45, 7) is 0. The van der Waals surface area contributed by atoms with Crippen LogP contribution < -0.4 is 10.1 Å². The monoisotopic (exact) mass is 317 g/mol. The van der Waals surface area contributed by atoms with E-state index in [9.17, 15) is 0 Å². The molecule has 0 amide bonds. The van der Waals surface area contributed by atoms with Crippen molar-refractivity contribution in [3.63, 3.8) is 0 Å². The van der Waals surface area contributed by atoms with Crippen LogP contribution in [0.4, 0.5) is 0 Å². The highest BCUT2D eigenvalue weighted by molar-refractivity contribution is 7.80. The fraction of sp³-hybridized carbons (Fsp3) is 0.0500. The van der Waals surface area contributed by atoms with Crippen molar-refractivity contribution in [2.45, 2.75) is 6.04 Å². The standard InChI is InChI=1S/C20H15NOS/c23-20(14-8-2-1-3-9-14)21-19-15-10-4-6-12-17(15)22-18-13-7-5-11-16(18)19/h1-13,19H,(H,21,23). The van der Waals surface area contributed by atoms with Gasteiger partial charge in [-0.3, -0.25) is 0 Å². The molecular formula is C20H15NOS. The zero-order valence-electron chi connectivity index (χ0n) is 12.4. The molecule has 0 atom stereocenters. The predicted molar refractivity (Wildman–Crippen MR) is 96.1 cm³/mol. The van der Waals surface area contributed by atoms with Gasteiger partial charge in [0.1, 0.15) is 16.5 Å². The number of rotatable bonds is 2. The first-order chi connectivity index (χ1) is 11.3. The lowest BCUT2D eigenvalue weighted by Gasteiger charge is -2.29. The molecular weight excluding hydrogens is 302 g/mol. The molecule has 0 aliphatic carbocycles. The second-order valence-corrected chi connectivity index (χ2v) is 5.86. The second-order valence-electron chi connectivity index (χ2n) is 5.45. The number of benzene rings is 3. The fourth-order valence-corrected chi connectivity index (χ4v) is 3.12. The van der Waals surface area contributed by atoms with Gasteiger partial charge in [-0.25, -0.2) is 0 Å². The van der Waals surface area contributed by atoms with Crippen molar-refractivity contribution in [3.8, 4) is 11.5 Å². The summed E-state index contributed by atoms with van der Waals surface area (Å²) >= 11 is 5.61. The lowest BCUT2D eigenvalue weighted by molar-refractivity contribution is 0.441. The van der Waals surface area contributed by atoms with Gasteiger partial charge >= 0.3 is 0 Å². The number of nitrogens with one attached hydrogen (secondary N) is 1. The van der Waals surface area contributed by atoms with Gasteiger partial charge in [-0.2, -0.15) is 0 Å². The average Bonchev–Trinajstić information content (AvgIpc) is 2.62. The van der Waals surface area contributed by atoms with Crippen LogP contribution in [0.1, 0.15) is 22.7 Å². The summed E-state index contributed by atoms with van der Waals surface area (Å²) in [5.74, 6) is 1.75. The first-order valence-electron chi connectivity index (χ1n) is 7.54. The van der Waals surface area contributed by atoms with E-state index in [2.05, 4.69) is 17.4 Å². The molecule has 2 nitrogen and oxygen atoms in total. The van der Waals surface area contributed by atoms with Gasteiger partial charge in [0.15, 0.2) is 0 Å². The number of thiocarbonyl (C=S) groups is 1. The zero-order chi connectivity index (χ0) is 15.6. The maximum atomic E-state index is 6.01. The molecule has 1 heterocycles. The largest absolute Gasteiger partial charge is 0.457 e. The van der Waals surface area contributed by atoms with Crippen molar-refractivity contribution in [2.75, 3.05) is 0 Å². The van der Waals surface area contributed by atoms with Crippen LogP contribution in [0.5, 0.6) is 11.5 Å². The minimum Gasteiger partial charge on any atom is -0.457 e. The first-order valence-corrected chi connectivity index (χ1v) is 7.95. The molecule has 1 aliphatic rings. The van der Waals surface area contributed by atoms with E-state index in [1.165, 1.54) is 0 Å². The van der Waals surface area contributed by atoms with E-state index in [1.54, 1.807) is 0 Å². The van der Waals surface area contributed by atoms with E-state index in [0.717, 1.165) is 33.2 Å². The summed E-state index contributed by atoms with van der Waals surface area (Å²) in [6.07, 6.45) is 0. The Labute approximate surface area is 140 Å². The summed E-state index contributed by atoms with van der Waals surface area (Å²) in [6, 6.07) is 26.2. The highest BCUT2D eigenvalue weighted by Gasteiger charge is 2.27. The van der Waals surface area contributed by atoms with Crippen LogP contribution in [-0.2, 0) is 0 Å². The van der Waals surface area contributed by atoms with Crippen molar-refractivity contribution in [1.82, 2.24) is 5.32 Å². The maximum absolute atomic E-state index is 6.01. The Morgan fingerprint density at radius 3 is 1.87 bits per heavy atom. The lowest BCUT2D eigenvalue weighted by Crippen LogP contribution is -2.30. The van der Waals surface area contributed by atoms with Gasteiger partial charge < -0.3 is 10.1 Å². The molecule has 3 aromatic carbocycles. The van der Waals surface area contributed by atoms with Crippen LogP contribution in [0.2, 0.25) is 0 Å². The van der Waals surface area contributed by atoms with Crippen LogP contribution in [-0.4, -0.2) is 4.99 Å². The van der Waals surface area contributed by atoms with Crippen LogP contribution >= 0.6 is 12.2 Å². The van der Waals surface area contributed by atoms with Gasteiger partial charge in [-0.1, -0.05) is 78.9 Å². The summed E-state index contributed by atoms with van der Waals surface area (Å²) in [4.78, 5) is 0.738. The Hall–Kier alpha value is -2.65. The summed E-state index contributed by atoms with van der Waals surface area (Å²) in [5.41, 5.74) is 3.22. The number of ether oxygens (including phenoxy) is 1. The van der Waals surface area contributed by atoms with Crippen molar-refractivity contribution in [2.24, 2.45) is 0 Å². The molecule has 0 spiro atoms. The summed E-state index contributed by atoms with van der Waals surface area (Å²) in [5, 5.41) is 3.50. The molecule has 4 rings (SSSR count). The average molecular weight is 317 g/mol. The number of hydrogen-bond acceptors (Lipinski definition) is 2. The molecule has 0 fully saturated rings. The highest BCUT2D eigenvalue weighted by Crippen LogP contribution is 2.42. The third-order valence-electron chi connectivity index (χ3n) is 3.99. The van der Waals surface area contributed by atoms with Crippen LogP contribution in [0.15, 0.2) is 78.9 Å². The SMILES string of the molecule is S=C(NC1c2ccccc2Oc2ccccc21)c1ccccc1. The third-order valence-corrected chi connectivity index (χ3v) is 4.34.